The normalized spacial score (nSPS) is 12.0. The quantitative estimate of drug-likeness (QED) is 0.220. The number of nitrogens with one attached hydrogen (secondary N) is 1. The molecule has 176 valence electrons. The van der Waals surface area contributed by atoms with Gasteiger partial charge in [-0.05, 0) is 49.2 Å². The molecule has 0 aliphatic carbocycles. The summed E-state index contributed by atoms with van der Waals surface area (Å²) in [6.07, 6.45) is 4.63. The highest BCUT2D eigenvalue weighted by Gasteiger charge is 2.22. The smallest absolute Gasteiger partial charge is 0.220 e. The van der Waals surface area contributed by atoms with Crippen molar-refractivity contribution in [2.45, 2.75) is 62.9 Å². The summed E-state index contributed by atoms with van der Waals surface area (Å²) in [6.45, 7) is 4.02. The molecule has 0 aliphatic rings. The number of aromatic nitrogens is 3. The summed E-state index contributed by atoms with van der Waals surface area (Å²) in [5, 5.41) is 13.3. The van der Waals surface area contributed by atoms with Crippen LogP contribution in [0.25, 0.3) is 5.69 Å². The van der Waals surface area contributed by atoms with E-state index in [2.05, 4.69) is 22.4 Å². The lowest BCUT2D eigenvalue weighted by molar-refractivity contribution is -0.121. The summed E-state index contributed by atoms with van der Waals surface area (Å²) in [6, 6.07) is 11.2. The highest BCUT2D eigenvalue weighted by atomic mass is 35.5. The predicted molar refractivity (Wildman–Crippen MR) is 133 cm³/mol. The Hall–Kier alpha value is -2.09. The number of nitrogens with zero attached hydrogens (tertiary/aromatic N) is 3. The number of amides is 1. The van der Waals surface area contributed by atoms with Crippen LogP contribution in [-0.2, 0) is 10.5 Å². The third-order valence-corrected chi connectivity index (χ3v) is 6.65. The average Bonchev–Trinajstić information content (AvgIpc) is 3.20. The van der Waals surface area contributed by atoms with Crippen LogP contribution in [-0.4, -0.2) is 20.7 Å². The molecule has 0 aliphatic heterocycles. The molecule has 0 radical (unpaired) electrons. The van der Waals surface area contributed by atoms with Crippen LogP contribution >= 0.6 is 35.0 Å². The number of rotatable bonds is 11. The standard InChI is InChI=1S/C24H27Cl2FN4OS/c1-3-4-5-6-7-22(32)28-16(2)23-29-30-24(33-15-17-8-11-19(27)12-9-17)31(23)21-13-10-18(25)14-20(21)26/h8-14,16H,3-7,15H2,1-2H3,(H,28,32). The van der Waals surface area contributed by atoms with Crippen molar-refractivity contribution in [1.82, 2.24) is 20.1 Å². The number of carbonyl (C=O) groups is 1. The van der Waals surface area contributed by atoms with Crippen molar-refractivity contribution >= 4 is 40.9 Å². The van der Waals surface area contributed by atoms with E-state index in [9.17, 15) is 9.18 Å². The van der Waals surface area contributed by atoms with Crippen molar-refractivity contribution in [3.63, 3.8) is 0 Å². The molecular formula is C24H27Cl2FN4OS. The maximum atomic E-state index is 13.2. The zero-order valence-electron chi connectivity index (χ0n) is 18.7. The van der Waals surface area contributed by atoms with Gasteiger partial charge in [0.2, 0.25) is 5.91 Å². The molecule has 33 heavy (non-hydrogen) atoms. The molecule has 0 saturated carbocycles. The zero-order chi connectivity index (χ0) is 23.8. The van der Waals surface area contributed by atoms with E-state index in [0.29, 0.717) is 38.9 Å². The molecule has 5 nitrogen and oxygen atoms in total. The molecule has 1 unspecified atom stereocenters. The Labute approximate surface area is 208 Å². The number of hydrogen-bond donors (Lipinski definition) is 1. The summed E-state index contributed by atoms with van der Waals surface area (Å²) in [5.41, 5.74) is 1.62. The third kappa shape index (κ3) is 7.19. The lowest BCUT2D eigenvalue weighted by Gasteiger charge is -2.17. The molecule has 0 bridgehead atoms. The number of hydrogen-bond acceptors (Lipinski definition) is 4. The first-order chi connectivity index (χ1) is 15.9. The minimum Gasteiger partial charge on any atom is -0.346 e. The third-order valence-electron chi connectivity index (χ3n) is 5.11. The van der Waals surface area contributed by atoms with E-state index in [1.54, 1.807) is 30.3 Å². The summed E-state index contributed by atoms with van der Waals surface area (Å²) in [5.74, 6) is 0.849. The number of unbranched alkanes of at least 4 members (excludes halogenated alkanes) is 3. The monoisotopic (exact) mass is 508 g/mol. The Morgan fingerprint density at radius 2 is 1.88 bits per heavy atom. The largest absolute Gasteiger partial charge is 0.346 e. The van der Waals surface area contributed by atoms with Crippen molar-refractivity contribution in [3.05, 3.63) is 69.7 Å². The van der Waals surface area contributed by atoms with Crippen LogP contribution in [0.3, 0.4) is 0 Å². The second-order valence-corrected chi connectivity index (χ2v) is 9.57. The first-order valence-electron chi connectivity index (χ1n) is 11.0. The summed E-state index contributed by atoms with van der Waals surface area (Å²) >= 11 is 14.1. The molecule has 3 rings (SSSR count). The average molecular weight is 509 g/mol. The molecule has 1 N–H and O–H groups in total. The second kappa shape index (κ2) is 12.4. The predicted octanol–water partition coefficient (Wildman–Crippen LogP) is 7.15. The zero-order valence-corrected chi connectivity index (χ0v) is 21.0. The number of carbonyl (C=O) groups excluding carboxylic acids is 1. The van der Waals surface area contributed by atoms with Crippen LogP contribution in [0.15, 0.2) is 47.6 Å². The Bertz CT molecular complexity index is 1070. The second-order valence-electron chi connectivity index (χ2n) is 7.79. The molecule has 2 aromatic carbocycles. The van der Waals surface area contributed by atoms with E-state index >= 15 is 0 Å². The number of thioether (sulfide) groups is 1. The number of benzene rings is 2. The number of halogens is 3. The van der Waals surface area contributed by atoms with E-state index in [1.165, 1.54) is 23.9 Å². The Morgan fingerprint density at radius 1 is 1.12 bits per heavy atom. The minimum atomic E-state index is -0.372. The van der Waals surface area contributed by atoms with Crippen LogP contribution in [0.1, 0.15) is 63.4 Å². The summed E-state index contributed by atoms with van der Waals surface area (Å²) in [7, 11) is 0. The van der Waals surface area contributed by atoms with Crippen LogP contribution in [0, 0.1) is 5.82 Å². The molecule has 1 amide bonds. The van der Waals surface area contributed by atoms with E-state index in [4.69, 9.17) is 23.2 Å². The van der Waals surface area contributed by atoms with Gasteiger partial charge >= 0.3 is 0 Å². The van der Waals surface area contributed by atoms with E-state index in [-0.39, 0.29) is 17.8 Å². The van der Waals surface area contributed by atoms with Crippen LogP contribution in [0.5, 0.6) is 0 Å². The Kier molecular flexibility index (Phi) is 9.59. The van der Waals surface area contributed by atoms with E-state index in [1.807, 2.05) is 11.5 Å². The van der Waals surface area contributed by atoms with Crippen LogP contribution in [0.2, 0.25) is 10.0 Å². The van der Waals surface area contributed by atoms with Gasteiger partial charge in [0, 0.05) is 17.2 Å². The molecule has 1 aromatic heterocycles. The molecule has 3 aromatic rings. The summed E-state index contributed by atoms with van der Waals surface area (Å²) < 4.78 is 15.1. The molecule has 0 spiro atoms. The maximum absolute atomic E-state index is 13.2. The Balaban J connectivity index is 1.83. The highest BCUT2D eigenvalue weighted by Crippen LogP contribution is 2.32. The van der Waals surface area contributed by atoms with E-state index < -0.39 is 0 Å². The van der Waals surface area contributed by atoms with Crippen molar-refractivity contribution in [2.24, 2.45) is 0 Å². The van der Waals surface area contributed by atoms with Crippen molar-refractivity contribution < 1.29 is 9.18 Å². The maximum Gasteiger partial charge on any atom is 0.220 e. The van der Waals surface area contributed by atoms with Crippen molar-refractivity contribution in [2.75, 3.05) is 0 Å². The SMILES string of the molecule is CCCCCCC(=O)NC(C)c1nnc(SCc2ccc(F)cc2)n1-c1ccc(Cl)cc1Cl. The van der Waals surface area contributed by atoms with Crippen molar-refractivity contribution in [1.29, 1.82) is 0 Å². The van der Waals surface area contributed by atoms with Gasteiger partial charge in [-0.1, -0.05) is 73.3 Å². The van der Waals surface area contributed by atoms with Gasteiger partial charge < -0.3 is 5.32 Å². The molecule has 0 fully saturated rings. The summed E-state index contributed by atoms with van der Waals surface area (Å²) in [4.78, 5) is 12.4. The van der Waals surface area contributed by atoms with Gasteiger partial charge in [-0.3, -0.25) is 9.36 Å². The lowest BCUT2D eigenvalue weighted by Crippen LogP contribution is -2.28. The van der Waals surface area contributed by atoms with Crippen LogP contribution in [0.4, 0.5) is 4.39 Å². The topological polar surface area (TPSA) is 59.8 Å². The van der Waals surface area contributed by atoms with Gasteiger partial charge in [-0.2, -0.15) is 0 Å². The van der Waals surface area contributed by atoms with Gasteiger partial charge in [0.05, 0.1) is 16.8 Å². The fourth-order valence-corrected chi connectivity index (χ4v) is 4.76. The fraction of sp³-hybridized carbons (Fsp3) is 0.375. The molecule has 1 heterocycles. The molecule has 1 atom stereocenters. The molecule has 0 saturated heterocycles. The van der Waals surface area contributed by atoms with Gasteiger partial charge in [0.1, 0.15) is 5.82 Å². The first-order valence-corrected chi connectivity index (χ1v) is 12.7. The minimum absolute atomic E-state index is 0.0177. The lowest BCUT2D eigenvalue weighted by atomic mass is 10.1. The van der Waals surface area contributed by atoms with Gasteiger partial charge in [-0.25, -0.2) is 4.39 Å². The highest BCUT2D eigenvalue weighted by molar-refractivity contribution is 7.98. The van der Waals surface area contributed by atoms with Gasteiger partial charge in [0.15, 0.2) is 11.0 Å². The Morgan fingerprint density at radius 3 is 2.58 bits per heavy atom. The van der Waals surface area contributed by atoms with E-state index in [0.717, 1.165) is 31.2 Å². The van der Waals surface area contributed by atoms with Gasteiger partial charge in [-0.15, -0.1) is 10.2 Å². The fourth-order valence-electron chi connectivity index (χ4n) is 3.36. The van der Waals surface area contributed by atoms with Crippen LogP contribution < -0.4 is 5.32 Å². The van der Waals surface area contributed by atoms with Crippen molar-refractivity contribution in [3.8, 4) is 5.69 Å². The van der Waals surface area contributed by atoms with Gasteiger partial charge in [0.25, 0.3) is 0 Å². The molecule has 9 heteroatoms. The molecular weight excluding hydrogens is 482 g/mol. The first kappa shape index (κ1) is 25.5.